The normalized spacial score (nSPS) is 14.0. The lowest BCUT2D eigenvalue weighted by Crippen LogP contribution is -1.99. The molecule has 1 fully saturated rings. The Morgan fingerprint density at radius 2 is 2.17 bits per heavy atom. The van der Waals surface area contributed by atoms with Crippen LogP contribution in [-0.4, -0.2) is 19.7 Å². The van der Waals surface area contributed by atoms with Gasteiger partial charge in [-0.25, -0.2) is 0 Å². The molecule has 1 saturated carbocycles. The molecule has 0 aliphatic heterocycles. The lowest BCUT2D eigenvalue weighted by molar-refractivity contribution is -0.384. The van der Waals surface area contributed by atoms with Gasteiger partial charge in [0.05, 0.1) is 9.80 Å². The van der Waals surface area contributed by atoms with E-state index in [0.717, 1.165) is 34.3 Å². The molecule has 6 nitrogen and oxygen atoms in total. The average molecular weight is 358 g/mol. The predicted molar refractivity (Wildman–Crippen MR) is 94.3 cm³/mol. The fraction of sp³-hybridized carbons (Fsp3) is 0.250. The Morgan fingerprint density at radius 3 is 2.88 bits per heavy atom. The molecule has 0 radical (unpaired) electrons. The van der Waals surface area contributed by atoms with Crippen molar-refractivity contribution < 1.29 is 4.92 Å². The predicted octanol–water partition coefficient (Wildman–Crippen LogP) is 4.54. The Kier molecular flexibility index (Phi) is 4.07. The van der Waals surface area contributed by atoms with Crippen LogP contribution in [0.15, 0.2) is 46.9 Å². The minimum Gasteiger partial charge on any atom is -0.298 e. The molecule has 122 valence electrons. The largest absolute Gasteiger partial charge is 0.298 e. The Balaban J connectivity index is 1.57. The Bertz CT molecular complexity index is 872. The van der Waals surface area contributed by atoms with Gasteiger partial charge in [-0.1, -0.05) is 30.0 Å². The van der Waals surface area contributed by atoms with Crippen LogP contribution in [-0.2, 0) is 5.75 Å². The van der Waals surface area contributed by atoms with Crippen LogP contribution in [0.2, 0.25) is 0 Å². The number of thiophene rings is 1. The standard InChI is InChI=1S/C16H14N4O2S2/c21-20(22)13-4-1-3-11(9-13)10-24-16-18-17-15(14-5-2-8-23-14)19(16)12-6-7-12/h1-5,8-9,12H,6-7,10H2. The number of benzene rings is 1. The minimum atomic E-state index is -0.365. The third-order valence-electron chi connectivity index (χ3n) is 3.81. The highest BCUT2D eigenvalue weighted by Gasteiger charge is 2.30. The van der Waals surface area contributed by atoms with Crippen molar-refractivity contribution in [3.8, 4) is 10.7 Å². The summed E-state index contributed by atoms with van der Waals surface area (Å²) < 4.78 is 2.22. The van der Waals surface area contributed by atoms with Gasteiger partial charge in [-0.3, -0.25) is 14.7 Å². The maximum absolute atomic E-state index is 10.9. The summed E-state index contributed by atoms with van der Waals surface area (Å²) in [6.45, 7) is 0. The highest BCUT2D eigenvalue weighted by Crippen LogP contribution is 2.42. The second-order valence-corrected chi connectivity index (χ2v) is 7.49. The zero-order valence-corrected chi connectivity index (χ0v) is 14.3. The van der Waals surface area contributed by atoms with Crippen molar-refractivity contribution in [1.29, 1.82) is 0 Å². The summed E-state index contributed by atoms with van der Waals surface area (Å²) in [4.78, 5) is 11.6. The molecule has 0 N–H and O–H groups in total. The number of hydrogen-bond acceptors (Lipinski definition) is 6. The van der Waals surface area contributed by atoms with Crippen LogP contribution in [0.1, 0.15) is 24.4 Å². The Morgan fingerprint density at radius 1 is 1.29 bits per heavy atom. The SMILES string of the molecule is O=[N+]([O-])c1cccc(CSc2nnc(-c3cccs3)n2C2CC2)c1. The van der Waals surface area contributed by atoms with Crippen molar-refractivity contribution in [3.63, 3.8) is 0 Å². The molecule has 1 aliphatic carbocycles. The van der Waals surface area contributed by atoms with E-state index in [-0.39, 0.29) is 10.6 Å². The van der Waals surface area contributed by atoms with Crippen molar-refractivity contribution in [2.45, 2.75) is 29.8 Å². The molecule has 3 aromatic rings. The van der Waals surface area contributed by atoms with Crippen molar-refractivity contribution >= 4 is 28.8 Å². The third kappa shape index (κ3) is 3.07. The van der Waals surface area contributed by atoms with E-state index in [0.29, 0.717) is 11.8 Å². The van der Waals surface area contributed by atoms with Crippen LogP contribution in [0, 0.1) is 10.1 Å². The molecule has 0 bridgehead atoms. The molecule has 8 heteroatoms. The van der Waals surface area contributed by atoms with Crippen molar-refractivity contribution in [3.05, 3.63) is 57.5 Å². The molecule has 0 spiro atoms. The summed E-state index contributed by atoms with van der Waals surface area (Å²) in [5.41, 5.74) is 1.04. The number of non-ortho nitro benzene ring substituents is 1. The topological polar surface area (TPSA) is 73.8 Å². The molecule has 24 heavy (non-hydrogen) atoms. The van der Waals surface area contributed by atoms with Crippen molar-refractivity contribution in [2.24, 2.45) is 0 Å². The van der Waals surface area contributed by atoms with Crippen LogP contribution >= 0.6 is 23.1 Å². The first-order valence-electron chi connectivity index (χ1n) is 7.57. The van der Waals surface area contributed by atoms with E-state index in [1.54, 1.807) is 35.2 Å². The third-order valence-corrected chi connectivity index (χ3v) is 5.69. The molecule has 2 aromatic heterocycles. The van der Waals surface area contributed by atoms with Gasteiger partial charge >= 0.3 is 0 Å². The summed E-state index contributed by atoms with van der Waals surface area (Å²) in [6, 6.07) is 11.3. The van der Waals surface area contributed by atoms with E-state index in [4.69, 9.17) is 0 Å². The molecule has 0 unspecified atom stereocenters. The van der Waals surface area contributed by atoms with Gasteiger partial charge in [0.1, 0.15) is 0 Å². The lowest BCUT2D eigenvalue weighted by Gasteiger charge is -2.07. The molecule has 0 amide bonds. The van der Waals surface area contributed by atoms with E-state index < -0.39 is 0 Å². The van der Waals surface area contributed by atoms with E-state index in [9.17, 15) is 10.1 Å². The monoisotopic (exact) mass is 358 g/mol. The van der Waals surface area contributed by atoms with Crippen molar-refractivity contribution in [1.82, 2.24) is 14.8 Å². The Hall–Kier alpha value is -2.19. The van der Waals surface area contributed by atoms with Gasteiger partial charge in [0, 0.05) is 23.9 Å². The number of hydrogen-bond donors (Lipinski definition) is 0. The highest BCUT2D eigenvalue weighted by molar-refractivity contribution is 7.98. The van der Waals surface area contributed by atoms with E-state index in [1.807, 2.05) is 17.5 Å². The molecule has 1 aromatic carbocycles. The molecule has 4 rings (SSSR count). The van der Waals surface area contributed by atoms with Gasteiger partial charge in [-0.15, -0.1) is 21.5 Å². The number of nitro benzene ring substituents is 1. The molecule has 0 atom stereocenters. The summed E-state index contributed by atoms with van der Waals surface area (Å²) in [6.07, 6.45) is 2.31. The number of nitro groups is 1. The molecular formula is C16H14N4O2S2. The highest BCUT2D eigenvalue weighted by atomic mass is 32.2. The first-order valence-corrected chi connectivity index (χ1v) is 9.44. The quantitative estimate of drug-likeness (QED) is 0.367. The maximum Gasteiger partial charge on any atom is 0.269 e. The lowest BCUT2D eigenvalue weighted by atomic mass is 10.2. The zero-order chi connectivity index (χ0) is 16.5. The Labute approximate surface area is 146 Å². The summed E-state index contributed by atoms with van der Waals surface area (Å²) >= 11 is 3.24. The van der Waals surface area contributed by atoms with Gasteiger partial charge < -0.3 is 0 Å². The fourth-order valence-corrected chi connectivity index (χ4v) is 4.17. The van der Waals surface area contributed by atoms with E-state index >= 15 is 0 Å². The number of rotatable bonds is 6. The molecule has 0 saturated heterocycles. The smallest absolute Gasteiger partial charge is 0.269 e. The number of nitrogens with zero attached hydrogens (tertiary/aromatic N) is 4. The number of thioether (sulfide) groups is 1. The van der Waals surface area contributed by atoms with Gasteiger partial charge in [-0.2, -0.15) is 0 Å². The van der Waals surface area contributed by atoms with Crippen LogP contribution < -0.4 is 0 Å². The second-order valence-electron chi connectivity index (χ2n) is 5.60. The van der Waals surface area contributed by atoms with E-state index in [1.165, 1.54) is 6.07 Å². The number of aromatic nitrogens is 3. The second kappa shape index (κ2) is 6.37. The van der Waals surface area contributed by atoms with Crippen LogP contribution in [0.4, 0.5) is 5.69 Å². The molecule has 2 heterocycles. The van der Waals surface area contributed by atoms with Gasteiger partial charge in [0.25, 0.3) is 5.69 Å². The average Bonchev–Trinajstić information content (AvgIpc) is 3.11. The summed E-state index contributed by atoms with van der Waals surface area (Å²) in [5, 5.41) is 22.5. The van der Waals surface area contributed by atoms with E-state index in [2.05, 4.69) is 20.8 Å². The first-order chi connectivity index (χ1) is 11.7. The van der Waals surface area contributed by atoms with Gasteiger partial charge in [-0.05, 0) is 29.9 Å². The van der Waals surface area contributed by atoms with Crippen LogP contribution in [0.25, 0.3) is 10.7 Å². The van der Waals surface area contributed by atoms with Gasteiger partial charge in [0.15, 0.2) is 11.0 Å². The van der Waals surface area contributed by atoms with Gasteiger partial charge in [0.2, 0.25) is 0 Å². The zero-order valence-electron chi connectivity index (χ0n) is 12.7. The maximum atomic E-state index is 10.9. The minimum absolute atomic E-state index is 0.121. The molecular weight excluding hydrogens is 344 g/mol. The van der Waals surface area contributed by atoms with Crippen molar-refractivity contribution in [2.75, 3.05) is 0 Å². The fourth-order valence-electron chi connectivity index (χ4n) is 2.52. The first kappa shape index (κ1) is 15.3. The van der Waals surface area contributed by atoms with Crippen LogP contribution in [0.3, 0.4) is 0 Å². The summed E-state index contributed by atoms with van der Waals surface area (Å²) in [7, 11) is 0. The van der Waals surface area contributed by atoms with Crippen LogP contribution in [0.5, 0.6) is 0 Å². The summed E-state index contributed by atoms with van der Waals surface area (Å²) in [5.74, 6) is 1.56. The molecule has 1 aliphatic rings.